The van der Waals surface area contributed by atoms with Crippen LogP contribution in [0.2, 0.25) is 5.02 Å². The maximum Gasteiger partial charge on any atom is 0.335 e. The minimum Gasteiger partial charge on any atom is -0.478 e. The Labute approximate surface area is 206 Å². The number of aryl methyl sites for hydroxylation is 1. The lowest BCUT2D eigenvalue weighted by Gasteiger charge is -2.14. The number of nitrogens with zero attached hydrogens (tertiary/aromatic N) is 2. The highest BCUT2D eigenvalue weighted by molar-refractivity contribution is 7.28. The number of hydrogen-bond acceptors (Lipinski definition) is 5. The summed E-state index contributed by atoms with van der Waals surface area (Å²) in [5.74, 6) is -1.76. The first-order valence-electron chi connectivity index (χ1n) is 10.7. The normalized spacial score (nSPS) is 14.5. The predicted octanol–water partition coefficient (Wildman–Crippen LogP) is 3.48. The molecule has 2 atom stereocenters. The summed E-state index contributed by atoms with van der Waals surface area (Å²) in [7, 11) is 2.49. The van der Waals surface area contributed by atoms with Crippen molar-refractivity contribution in [3.05, 3.63) is 81.9 Å². The summed E-state index contributed by atoms with van der Waals surface area (Å²) in [5, 5.41) is 16.2. The van der Waals surface area contributed by atoms with Crippen molar-refractivity contribution in [1.29, 1.82) is 0 Å². The van der Waals surface area contributed by atoms with Crippen molar-refractivity contribution in [2.75, 3.05) is 5.32 Å². The molecule has 2 heterocycles. The van der Waals surface area contributed by atoms with Crippen LogP contribution in [0.15, 0.2) is 48.9 Å². The van der Waals surface area contributed by atoms with Crippen LogP contribution in [0.5, 0.6) is 0 Å². The molecule has 0 radical (unpaired) electrons. The van der Waals surface area contributed by atoms with Crippen LogP contribution < -0.4 is 15.9 Å². The molecule has 1 aliphatic rings. The van der Waals surface area contributed by atoms with Gasteiger partial charge in [0.25, 0.3) is 11.8 Å². The van der Waals surface area contributed by atoms with Crippen molar-refractivity contribution in [1.82, 2.24) is 20.3 Å². The molecular formula is C24H19ClN5O4P. The fourth-order valence-corrected chi connectivity index (χ4v) is 4.56. The zero-order valence-electron chi connectivity index (χ0n) is 18.1. The molecule has 2 amide bonds. The van der Waals surface area contributed by atoms with E-state index in [-0.39, 0.29) is 23.2 Å². The summed E-state index contributed by atoms with van der Waals surface area (Å²) >= 11 is 6.12. The highest BCUT2D eigenvalue weighted by atomic mass is 35.5. The van der Waals surface area contributed by atoms with Crippen LogP contribution in [0.25, 0.3) is 11.0 Å². The van der Waals surface area contributed by atoms with Crippen LogP contribution in [0.3, 0.4) is 0 Å². The second-order valence-corrected chi connectivity index (χ2v) is 9.15. The third kappa shape index (κ3) is 4.36. The van der Waals surface area contributed by atoms with Gasteiger partial charge in [-0.15, -0.1) is 9.24 Å². The van der Waals surface area contributed by atoms with Gasteiger partial charge >= 0.3 is 5.97 Å². The molecule has 9 nitrogen and oxygen atoms in total. The van der Waals surface area contributed by atoms with Gasteiger partial charge in [-0.3, -0.25) is 9.59 Å². The standard InChI is InChI=1S/C24H19ClN5O4P/c25-15-8-12(3-6-18(15)35)22(31)30-17-9-26-20-19(17)27-10-28-21(20)23(32)29-16-5-2-11-7-13(24(33)34)1-4-14(11)16/h1,3-4,6-10,16,26H,2,5,35H2,(H,29,32)(H,30,31)(H,33,34)/t16-/m0/s1. The van der Waals surface area contributed by atoms with Crippen molar-refractivity contribution in [2.24, 2.45) is 0 Å². The molecule has 176 valence electrons. The number of carbonyl (C=O) groups is 3. The van der Waals surface area contributed by atoms with Gasteiger partial charge in [-0.1, -0.05) is 23.7 Å². The molecule has 4 N–H and O–H groups in total. The summed E-state index contributed by atoms with van der Waals surface area (Å²) < 4.78 is 0. The number of amides is 2. The first-order chi connectivity index (χ1) is 16.8. The van der Waals surface area contributed by atoms with E-state index in [2.05, 4.69) is 34.8 Å². The number of carbonyl (C=O) groups excluding carboxylic acids is 2. The van der Waals surface area contributed by atoms with Crippen LogP contribution in [-0.4, -0.2) is 37.8 Å². The van der Waals surface area contributed by atoms with Crippen molar-refractivity contribution < 1.29 is 19.5 Å². The lowest BCUT2D eigenvalue weighted by atomic mass is 10.0. The Morgan fingerprint density at radius 1 is 1.09 bits per heavy atom. The van der Waals surface area contributed by atoms with E-state index in [4.69, 9.17) is 11.6 Å². The zero-order valence-corrected chi connectivity index (χ0v) is 20.0. The van der Waals surface area contributed by atoms with Gasteiger partial charge in [-0.2, -0.15) is 0 Å². The third-order valence-electron chi connectivity index (χ3n) is 5.96. The maximum absolute atomic E-state index is 13.1. The molecule has 1 aliphatic carbocycles. The summed E-state index contributed by atoms with van der Waals surface area (Å²) in [6, 6.07) is 9.62. The molecule has 4 aromatic rings. The Bertz CT molecular complexity index is 1520. The number of hydrogen-bond donors (Lipinski definition) is 4. The van der Waals surface area contributed by atoms with Crippen LogP contribution in [0.1, 0.15) is 54.8 Å². The average Bonchev–Trinajstić information content (AvgIpc) is 3.44. The SMILES string of the molecule is O=C(O)c1ccc2c(c1)CC[C@@H]2NC(=O)c1ncnc2c(NC(=O)c3ccc(P)c(Cl)c3)c[nH]c12. The van der Waals surface area contributed by atoms with E-state index >= 15 is 0 Å². The number of fused-ring (bicyclic) bond motifs is 2. The van der Waals surface area contributed by atoms with Crippen LogP contribution in [0.4, 0.5) is 5.69 Å². The minimum atomic E-state index is -0.984. The molecular weight excluding hydrogens is 489 g/mol. The van der Waals surface area contributed by atoms with E-state index in [9.17, 15) is 19.5 Å². The van der Waals surface area contributed by atoms with E-state index in [1.54, 1.807) is 36.5 Å². The summed E-state index contributed by atoms with van der Waals surface area (Å²) in [4.78, 5) is 48.4. The van der Waals surface area contributed by atoms with Gasteiger partial charge in [0.15, 0.2) is 5.69 Å². The molecule has 5 rings (SSSR count). The number of aromatic carboxylic acids is 1. The molecule has 0 saturated carbocycles. The smallest absolute Gasteiger partial charge is 0.335 e. The Morgan fingerprint density at radius 3 is 2.66 bits per heavy atom. The Morgan fingerprint density at radius 2 is 1.89 bits per heavy atom. The van der Waals surface area contributed by atoms with Gasteiger partial charge in [0, 0.05) is 16.8 Å². The predicted molar refractivity (Wildman–Crippen MR) is 135 cm³/mol. The second kappa shape index (κ2) is 9.09. The molecule has 0 aliphatic heterocycles. The van der Waals surface area contributed by atoms with E-state index in [0.29, 0.717) is 40.1 Å². The van der Waals surface area contributed by atoms with Gasteiger partial charge < -0.3 is 20.7 Å². The number of aromatic amines is 1. The van der Waals surface area contributed by atoms with Gasteiger partial charge in [-0.25, -0.2) is 14.8 Å². The number of anilines is 1. The highest BCUT2D eigenvalue weighted by Crippen LogP contribution is 2.32. The number of aromatic nitrogens is 3. The number of benzene rings is 2. The Hall–Kier alpha value is -3.81. The van der Waals surface area contributed by atoms with E-state index in [1.165, 1.54) is 12.4 Å². The van der Waals surface area contributed by atoms with Crippen LogP contribution in [-0.2, 0) is 6.42 Å². The van der Waals surface area contributed by atoms with Gasteiger partial charge in [-0.05, 0) is 53.5 Å². The fourth-order valence-electron chi connectivity index (χ4n) is 4.20. The quantitative estimate of drug-likeness (QED) is 0.305. The second-order valence-electron chi connectivity index (χ2n) is 8.12. The summed E-state index contributed by atoms with van der Waals surface area (Å²) in [6.07, 6.45) is 4.14. The lowest BCUT2D eigenvalue weighted by Crippen LogP contribution is -2.28. The minimum absolute atomic E-state index is 0.140. The molecule has 0 spiro atoms. The zero-order chi connectivity index (χ0) is 24.7. The number of rotatable bonds is 5. The van der Waals surface area contributed by atoms with Crippen molar-refractivity contribution in [2.45, 2.75) is 18.9 Å². The molecule has 0 bridgehead atoms. The largest absolute Gasteiger partial charge is 0.478 e. The number of carboxylic acids is 1. The average molecular weight is 508 g/mol. The van der Waals surface area contributed by atoms with Crippen LogP contribution >= 0.6 is 20.8 Å². The van der Waals surface area contributed by atoms with Gasteiger partial charge in [0.1, 0.15) is 11.8 Å². The third-order valence-corrected chi connectivity index (χ3v) is 6.98. The molecule has 2 aromatic heterocycles. The monoisotopic (exact) mass is 507 g/mol. The Kier molecular flexibility index (Phi) is 5.96. The van der Waals surface area contributed by atoms with E-state index < -0.39 is 11.9 Å². The van der Waals surface area contributed by atoms with Gasteiger partial charge in [0.2, 0.25) is 0 Å². The summed E-state index contributed by atoms with van der Waals surface area (Å²) in [5.41, 5.74) is 3.73. The molecule has 35 heavy (non-hydrogen) atoms. The fraction of sp³-hybridized carbons (Fsp3) is 0.125. The molecule has 0 saturated heterocycles. The molecule has 2 aromatic carbocycles. The van der Waals surface area contributed by atoms with Crippen molar-refractivity contribution in [3.63, 3.8) is 0 Å². The molecule has 1 unspecified atom stereocenters. The van der Waals surface area contributed by atoms with Crippen molar-refractivity contribution in [3.8, 4) is 0 Å². The highest BCUT2D eigenvalue weighted by Gasteiger charge is 2.27. The van der Waals surface area contributed by atoms with Gasteiger partial charge in [0.05, 0.1) is 22.8 Å². The lowest BCUT2D eigenvalue weighted by molar-refractivity contribution is 0.0696. The van der Waals surface area contributed by atoms with E-state index in [0.717, 1.165) is 16.4 Å². The van der Waals surface area contributed by atoms with Crippen LogP contribution in [0, 0.1) is 0 Å². The Balaban J connectivity index is 1.37. The molecule has 0 fully saturated rings. The molecule has 11 heteroatoms. The summed E-state index contributed by atoms with van der Waals surface area (Å²) in [6.45, 7) is 0. The first kappa shape index (κ1) is 23.0. The maximum atomic E-state index is 13.1. The number of nitrogens with one attached hydrogen (secondary N) is 3. The number of carboxylic acid groups (broad SMARTS) is 1. The number of halogens is 1. The first-order valence-corrected chi connectivity index (χ1v) is 11.6. The topological polar surface area (TPSA) is 137 Å². The van der Waals surface area contributed by atoms with E-state index in [1.807, 2.05) is 0 Å². The van der Waals surface area contributed by atoms with Crippen molar-refractivity contribution >= 4 is 60.6 Å². The number of H-pyrrole nitrogens is 1.